The summed E-state index contributed by atoms with van der Waals surface area (Å²) >= 11 is 0. The summed E-state index contributed by atoms with van der Waals surface area (Å²) in [6.07, 6.45) is 1.43. The largest absolute Gasteiger partial charge is 0.467 e. The average molecular weight is 513 g/mol. The molecule has 4 aromatic rings. The predicted molar refractivity (Wildman–Crippen MR) is 136 cm³/mol. The van der Waals surface area contributed by atoms with Crippen molar-refractivity contribution in [2.45, 2.75) is 13.0 Å². The molecule has 192 valence electrons. The molecule has 2 aromatic carbocycles. The van der Waals surface area contributed by atoms with E-state index in [4.69, 9.17) is 13.9 Å². The van der Waals surface area contributed by atoms with Gasteiger partial charge in [0.25, 0.3) is 0 Å². The van der Waals surface area contributed by atoms with Crippen molar-refractivity contribution < 1.29 is 28.3 Å². The van der Waals surface area contributed by atoms with Gasteiger partial charge in [-0.15, -0.1) is 0 Å². The third kappa shape index (κ3) is 5.05. The summed E-state index contributed by atoms with van der Waals surface area (Å²) in [5.74, 6) is -1.03. The van der Waals surface area contributed by atoms with Crippen molar-refractivity contribution in [3.05, 3.63) is 108 Å². The summed E-state index contributed by atoms with van der Waals surface area (Å²) in [5, 5.41) is 9.85. The maximum absolute atomic E-state index is 13.4. The quantitative estimate of drug-likeness (QED) is 0.340. The highest BCUT2D eigenvalue weighted by Gasteiger charge is 2.36. The van der Waals surface area contributed by atoms with Crippen LogP contribution in [0.5, 0.6) is 0 Å². The summed E-state index contributed by atoms with van der Waals surface area (Å²) in [4.78, 5) is 38.6. The first-order valence-electron chi connectivity index (χ1n) is 11.9. The molecule has 10 heteroatoms. The molecule has 0 bridgehead atoms. The van der Waals surface area contributed by atoms with Gasteiger partial charge in [-0.1, -0.05) is 48.5 Å². The lowest BCUT2D eigenvalue weighted by Crippen LogP contribution is -2.47. The molecule has 0 saturated carbocycles. The molecule has 2 amide bonds. The predicted octanol–water partition coefficient (Wildman–Crippen LogP) is 4.16. The standard InChI is InChI=1S/C28H24N4O6/c1-2-36-27(34)24-21(29-28(35)30-25(24)23-14-9-15-37-23)17-38-26(33)22-16-20(18-10-5-3-6-11-18)31-32(22)19-12-7-4-8-13-19/h3-16,25H,2,17H2,1H3,(H2,29,30,35). The summed E-state index contributed by atoms with van der Waals surface area (Å²) < 4.78 is 17.8. The van der Waals surface area contributed by atoms with Crippen LogP contribution < -0.4 is 10.6 Å². The number of amides is 2. The maximum Gasteiger partial charge on any atom is 0.357 e. The number of para-hydroxylation sites is 1. The first kappa shape index (κ1) is 24.6. The Morgan fingerprint density at radius 3 is 2.39 bits per heavy atom. The molecule has 1 atom stereocenters. The van der Waals surface area contributed by atoms with Gasteiger partial charge in [-0.2, -0.15) is 5.10 Å². The van der Waals surface area contributed by atoms with Crippen LogP contribution in [-0.2, 0) is 14.3 Å². The number of rotatable bonds is 8. The van der Waals surface area contributed by atoms with Crippen molar-refractivity contribution in [1.82, 2.24) is 20.4 Å². The Morgan fingerprint density at radius 2 is 1.71 bits per heavy atom. The number of aromatic nitrogens is 2. The SMILES string of the molecule is CCOC(=O)C1=C(COC(=O)c2cc(-c3ccccc3)nn2-c2ccccc2)NC(=O)NC1c1ccco1. The van der Waals surface area contributed by atoms with E-state index in [1.807, 2.05) is 60.7 Å². The monoisotopic (exact) mass is 512 g/mol. The van der Waals surface area contributed by atoms with E-state index in [1.165, 1.54) is 10.9 Å². The molecular weight excluding hydrogens is 488 g/mol. The highest BCUT2D eigenvalue weighted by atomic mass is 16.5. The first-order chi connectivity index (χ1) is 18.5. The summed E-state index contributed by atoms with van der Waals surface area (Å²) in [5.41, 5.74) is 2.43. The number of furan rings is 1. The first-order valence-corrected chi connectivity index (χ1v) is 11.9. The highest BCUT2D eigenvalue weighted by Crippen LogP contribution is 2.29. The molecule has 1 aliphatic heterocycles. The number of benzene rings is 2. The van der Waals surface area contributed by atoms with Crippen LogP contribution >= 0.6 is 0 Å². The van der Waals surface area contributed by atoms with E-state index in [0.29, 0.717) is 17.1 Å². The highest BCUT2D eigenvalue weighted by molar-refractivity contribution is 5.95. The fraction of sp³-hybridized carbons (Fsp3) is 0.143. The molecule has 38 heavy (non-hydrogen) atoms. The summed E-state index contributed by atoms with van der Waals surface area (Å²) in [6, 6.07) is 22.0. The molecule has 0 saturated heterocycles. The van der Waals surface area contributed by atoms with Gasteiger partial charge in [0, 0.05) is 5.56 Å². The number of carbonyl (C=O) groups excluding carboxylic acids is 3. The lowest BCUT2D eigenvalue weighted by atomic mass is 10.0. The lowest BCUT2D eigenvalue weighted by molar-refractivity contribution is -0.139. The smallest absolute Gasteiger partial charge is 0.357 e. The average Bonchev–Trinajstić information content (AvgIpc) is 3.64. The van der Waals surface area contributed by atoms with Crippen LogP contribution in [0.2, 0.25) is 0 Å². The van der Waals surface area contributed by atoms with Crippen molar-refractivity contribution in [2.24, 2.45) is 0 Å². The molecule has 2 N–H and O–H groups in total. The van der Waals surface area contributed by atoms with Gasteiger partial charge in [0.1, 0.15) is 18.4 Å². The third-order valence-electron chi connectivity index (χ3n) is 5.81. The number of ether oxygens (including phenoxy) is 2. The van der Waals surface area contributed by atoms with Crippen molar-refractivity contribution >= 4 is 18.0 Å². The van der Waals surface area contributed by atoms with Gasteiger partial charge in [0.2, 0.25) is 0 Å². The molecule has 0 fully saturated rings. The van der Waals surface area contributed by atoms with E-state index in [9.17, 15) is 14.4 Å². The van der Waals surface area contributed by atoms with Gasteiger partial charge < -0.3 is 24.5 Å². The Morgan fingerprint density at radius 1 is 0.974 bits per heavy atom. The lowest BCUT2D eigenvalue weighted by Gasteiger charge is -2.27. The van der Waals surface area contributed by atoms with Gasteiger partial charge in [0.15, 0.2) is 5.69 Å². The number of esters is 2. The van der Waals surface area contributed by atoms with Gasteiger partial charge in [-0.3, -0.25) is 0 Å². The second kappa shape index (κ2) is 10.9. The van der Waals surface area contributed by atoms with Crippen LogP contribution in [0.1, 0.15) is 29.2 Å². The minimum Gasteiger partial charge on any atom is -0.467 e. The van der Waals surface area contributed by atoms with Crippen molar-refractivity contribution in [3.63, 3.8) is 0 Å². The second-order valence-electron chi connectivity index (χ2n) is 8.26. The number of urea groups is 1. The van der Waals surface area contributed by atoms with Crippen LogP contribution in [0.3, 0.4) is 0 Å². The Bertz CT molecular complexity index is 1480. The van der Waals surface area contributed by atoms with Gasteiger partial charge >= 0.3 is 18.0 Å². The van der Waals surface area contributed by atoms with Gasteiger partial charge in [-0.25, -0.2) is 19.1 Å². The second-order valence-corrected chi connectivity index (χ2v) is 8.26. The zero-order valence-corrected chi connectivity index (χ0v) is 20.4. The topological polar surface area (TPSA) is 125 Å². The Balaban J connectivity index is 1.48. The maximum atomic E-state index is 13.4. The van der Waals surface area contributed by atoms with E-state index < -0.39 is 30.6 Å². The number of nitrogens with one attached hydrogen (secondary N) is 2. The zero-order chi connectivity index (χ0) is 26.5. The molecular formula is C28H24N4O6. The number of hydrogen-bond donors (Lipinski definition) is 2. The van der Waals surface area contributed by atoms with E-state index in [-0.39, 0.29) is 23.6 Å². The van der Waals surface area contributed by atoms with Gasteiger partial charge in [-0.05, 0) is 37.3 Å². The van der Waals surface area contributed by atoms with Crippen molar-refractivity contribution in [3.8, 4) is 16.9 Å². The van der Waals surface area contributed by atoms with Crippen LogP contribution in [0.4, 0.5) is 4.79 Å². The van der Waals surface area contributed by atoms with Crippen LogP contribution in [0.25, 0.3) is 16.9 Å². The molecule has 2 aromatic heterocycles. The molecule has 1 unspecified atom stereocenters. The Kier molecular flexibility index (Phi) is 7.03. The van der Waals surface area contributed by atoms with Crippen LogP contribution in [0, 0.1) is 0 Å². The van der Waals surface area contributed by atoms with Gasteiger partial charge in [0.05, 0.1) is 35.5 Å². The van der Waals surface area contributed by atoms with E-state index in [1.54, 1.807) is 25.1 Å². The molecule has 10 nitrogen and oxygen atoms in total. The van der Waals surface area contributed by atoms with Crippen LogP contribution in [-0.4, -0.2) is 41.0 Å². The zero-order valence-electron chi connectivity index (χ0n) is 20.4. The fourth-order valence-electron chi connectivity index (χ4n) is 4.10. The molecule has 0 spiro atoms. The number of nitrogens with zero attached hydrogens (tertiary/aromatic N) is 2. The molecule has 0 aliphatic carbocycles. The number of carbonyl (C=O) groups is 3. The molecule has 1 aliphatic rings. The minimum absolute atomic E-state index is 0.0794. The van der Waals surface area contributed by atoms with Crippen molar-refractivity contribution in [1.29, 1.82) is 0 Å². The third-order valence-corrected chi connectivity index (χ3v) is 5.81. The van der Waals surface area contributed by atoms with E-state index in [2.05, 4.69) is 15.7 Å². The Hall–Kier alpha value is -5.12. The molecule has 5 rings (SSSR count). The van der Waals surface area contributed by atoms with Crippen molar-refractivity contribution in [2.75, 3.05) is 13.2 Å². The normalized spacial score (nSPS) is 15.0. The Labute approximate surface area is 217 Å². The van der Waals surface area contributed by atoms with E-state index >= 15 is 0 Å². The number of hydrogen-bond acceptors (Lipinski definition) is 7. The summed E-state index contributed by atoms with van der Waals surface area (Å²) in [7, 11) is 0. The molecule has 0 radical (unpaired) electrons. The van der Waals surface area contributed by atoms with Crippen LogP contribution in [0.15, 0.2) is 101 Å². The molecule has 3 heterocycles. The van der Waals surface area contributed by atoms with E-state index in [0.717, 1.165) is 5.56 Å². The summed E-state index contributed by atoms with van der Waals surface area (Å²) in [6.45, 7) is 1.40. The fourth-order valence-corrected chi connectivity index (χ4v) is 4.10. The minimum atomic E-state index is -0.911.